The Hall–Kier alpha value is -1.77. The van der Waals surface area contributed by atoms with Gasteiger partial charge in [-0.25, -0.2) is 15.0 Å². The van der Waals surface area contributed by atoms with Gasteiger partial charge in [0.2, 0.25) is 5.91 Å². The highest BCUT2D eigenvalue weighted by Gasteiger charge is 2.25. The second kappa shape index (κ2) is 8.40. The summed E-state index contributed by atoms with van der Waals surface area (Å²) in [7, 11) is 0. The van der Waals surface area contributed by atoms with Crippen molar-refractivity contribution in [1.82, 2.24) is 20.3 Å². The number of rotatable bonds is 6. The number of aromatic nitrogens is 3. The van der Waals surface area contributed by atoms with Gasteiger partial charge < -0.3 is 10.1 Å². The van der Waals surface area contributed by atoms with Crippen molar-refractivity contribution in [2.75, 3.05) is 18.9 Å². The zero-order chi connectivity index (χ0) is 20.7. The fourth-order valence-electron chi connectivity index (χ4n) is 4.50. The van der Waals surface area contributed by atoms with Crippen LogP contribution in [0.3, 0.4) is 0 Å². The first-order valence-electron chi connectivity index (χ1n) is 10.7. The number of hydrogen-bond acceptors (Lipinski definition) is 7. The Morgan fingerprint density at radius 3 is 2.97 bits per heavy atom. The van der Waals surface area contributed by atoms with Crippen molar-refractivity contribution < 1.29 is 9.53 Å². The van der Waals surface area contributed by atoms with Crippen LogP contribution in [0.2, 0.25) is 0 Å². The number of nitrogens with one attached hydrogen (secondary N) is 1. The molecule has 1 amide bonds. The standard InChI is InChI=1S/C22H26N4O2S2/c1-12(2)18-15-7-3-6-14(15)17-19-20(30-21(17)26-18)22(25-11-24-19)29-10-16(27)23-9-13-5-4-8-28-13/h11-13H,3-10H2,1-2H3,(H,23,27)/t13-/m0/s1. The van der Waals surface area contributed by atoms with E-state index in [2.05, 4.69) is 29.1 Å². The third-order valence-corrected chi connectivity index (χ3v) is 8.11. The van der Waals surface area contributed by atoms with Crippen LogP contribution >= 0.6 is 23.1 Å². The van der Waals surface area contributed by atoms with Gasteiger partial charge in [0.1, 0.15) is 16.2 Å². The lowest BCUT2D eigenvalue weighted by atomic mass is 9.99. The molecule has 2 aliphatic rings. The van der Waals surface area contributed by atoms with Crippen LogP contribution in [0.5, 0.6) is 0 Å². The average molecular weight is 443 g/mol. The topological polar surface area (TPSA) is 77.0 Å². The predicted octanol–water partition coefficient (Wildman–Crippen LogP) is 4.24. The number of ether oxygens (including phenoxy) is 1. The van der Waals surface area contributed by atoms with Gasteiger partial charge in [-0.05, 0) is 49.1 Å². The van der Waals surface area contributed by atoms with E-state index in [1.165, 1.54) is 40.4 Å². The molecular weight excluding hydrogens is 416 g/mol. The van der Waals surface area contributed by atoms with Gasteiger partial charge in [0, 0.05) is 24.2 Å². The molecule has 1 saturated heterocycles. The van der Waals surface area contributed by atoms with E-state index in [-0.39, 0.29) is 12.0 Å². The summed E-state index contributed by atoms with van der Waals surface area (Å²) in [6, 6.07) is 0. The fraction of sp³-hybridized carbons (Fsp3) is 0.545. The van der Waals surface area contributed by atoms with Crippen LogP contribution in [0.1, 0.15) is 55.8 Å². The lowest BCUT2D eigenvalue weighted by Crippen LogP contribution is -2.32. The maximum Gasteiger partial charge on any atom is 0.230 e. The van der Waals surface area contributed by atoms with Gasteiger partial charge in [0.25, 0.3) is 0 Å². The molecule has 1 fully saturated rings. The molecule has 1 aliphatic heterocycles. The maximum absolute atomic E-state index is 12.3. The molecule has 0 radical (unpaired) electrons. The van der Waals surface area contributed by atoms with Gasteiger partial charge in [-0.2, -0.15) is 0 Å². The van der Waals surface area contributed by atoms with E-state index < -0.39 is 0 Å². The molecule has 0 aromatic carbocycles. The molecule has 1 aliphatic carbocycles. The molecule has 8 heteroatoms. The number of thiophene rings is 1. The molecule has 1 atom stereocenters. The molecule has 0 saturated carbocycles. The quantitative estimate of drug-likeness (QED) is 0.455. The van der Waals surface area contributed by atoms with Crippen molar-refractivity contribution in [2.45, 2.75) is 63.0 Å². The summed E-state index contributed by atoms with van der Waals surface area (Å²) in [5, 5.41) is 5.06. The number of pyridine rings is 1. The molecule has 0 spiro atoms. The van der Waals surface area contributed by atoms with Crippen LogP contribution < -0.4 is 5.32 Å². The van der Waals surface area contributed by atoms with Crippen LogP contribution in [0.25, 0.3) is 20.4 Å². The summed E-state index contributed by atoms with van der Waals surface area (Å²) in [6.45, 7) is 5.83. The summed E-state index contributed by atoms with van der Waals surface area (Å²) in [5.41, 5.74) is 5.09. The third kappa shape index (κ3) is 3.69. The highest BCUT2D eigenvalue weighted by atomic mass is 32.2. The van der Waals surface area contributed by atoms with E-state index in [0.29, 0.717) is 18.2 Å². The van der Waals surface area contributed by atoms with Crippen LogP contribution in [0.15, 0.2) is 11.4 Å². The van der Waals surface area contributed by atoms with E-state index >= 15 is 0 Å². The van der Waals surface area contributed by atoms with Crippen molar-refractivity contribution in [1.29, 1.82) is 0 Å². The van der Waals surface area contributed by atoms with Crippen molar-refractivity contribution >= 4 is 49.4 Å². The first kappa shape index (κ1) is 20.2. The number of carbonyl (C=O) groups is 1. The Bertz CT molecular complexity index is 1110. The lowest BCUT2D eigenvalue weighted by Gasteiger charge is -2.11. The minimum Gasteiger partial charge on any atom is -0.376 e. The summed E-state index contributed by atoms with van der Waals surface area (Å²) in [6.07, 6.45) is 7.28. The molecular formula is C22H26N4O2S2. The number of carbonyl (C=O) groups excluding carboxylic acids is 1. The van der Waals surface area contributed by atoms with Gasteiger partial charge in [-0.1, -0.05) is 25.6 Å². The molecule has 0 unspecified atom stereocenters. The number of fused-ring (bicyclic) bond motifs is 5. The highest BCUT2D eigenvalue weighted by molar-refractivity contribution is 8.00. The van der Waals surface area contributed by atoms with Crippen molar-refractivity contribution in [2.24, 2.45) is 0 Å². The van der Waals surface area contributed by atoms with Gasteiger partial charge in [-0.15, -0.1) is 11.3 Å². The van der Waals surface area contributed by atoms with E-state index in [0.717, 1.165) is 52.4 Å². The summed E-state index contributed by atoms with van der Waals surface area (Å²) < 4.78 is 6.62. The SMILES string of the molecule is CC(C)c1nc2sc3c(SCC(=O)NC[C@@H]4CCCO4)ncnc3c2c2c1CCC2. The molecule has 6 nitrogen and oxygen atoms in total. The summed E-state index contributed by atoms with van der Waals surface area (Å²) in [4.78, 5) is 27.5. The number of nitrogens with zero attached hydrogens (tertiary/aromatic N) is 3. The monoisotopic (exact) mass is 442 g/mol. The van der Waals surface area contributed by atoms with E-state index in [4.69, 9.17) is 9.72 Å². The van der Waals surface area contributed by atoms with Gasteiger partial charge in [-0.3, -0.25) is 4.79 Å². The minimum atomic E-state index is 0.0180. The van der Waals surface area contributed by atoms with Crippen molar-refractivity contribution in [3.05, 3.63) is 23.1 Å². The molecule has 4 heterocycles. The van der Waals surface area contributed by atoms with E-state index in [1.807, 2.05) is 0 Å². The fourth-order valence-corrected chi connectivity index (χ4v) is 6.58. The van der Waals surface area contributed by atoms with Gasteiger partial charge in [0.15, 0.2) is 0 Å². The molecule has 3 aromatic heterocycles. The second-order valence-corrected chi connectivity index (χ2v) is 10.3. The third-order valence-electron chi connectivity index (χ3n) is 5.91. The van der Waals surface area contributed by atoms with Gasteiger partial charge in [0.05, 0.1) is 22.1 Å². The Kier molecular flexibility index (Phi) is 5.64. The second-order valence-electron chi connectivity index (χ2n) is 8.33. The lowest BCUT2D eigenvalue weighted by molar-refractivity contribution is -0.119. The number of aryl methyl sites for hydroxylation is 1. The Balaban J connectivity index is 1.42. The number of thioether (sulfide) groups is 1. The highest BCUT2D eigenvalue weighted by Crippen LogP contribution is 2.42. The number of amides is 1. The predicted molar refractivity (Wildman–Crippen MR) is 122 cm³/mol. The van der Waals surface area contributed by atoms with Crippen molar-refractivity contribution in [3.63, 3.8) is 0 Å². The summed E-state index contributed by atoms with van der Waals surface area (Å²) >= 11 is 3.14. The summed E-state index contributed by atoms with van der Waals surface area (Å²) in [5.74, 6) is 0.777. The zero-order valence-electron chi connectivity index (χ0n) is 17.4. The molecule has 1 N–H and O–H groups in total. The van der Waals surface area contributed by atoms with Crippen LogP contribution in [0, 0.1) is 0 Å². The first-order valence-corrected chi connectivity index (χ1v) is 12.5. The molecule has 3 aromatic rings. The van der Waals surface area contributed by atoms with Crippen LogP contribution in [-0.4, -0.2) is 45.9 Å². The Morgan fingerprint density at radius 1 is 1.30 bits per heavy atom. The smallest absolute Gasteiger partial charge is 0.230 e. The Labute approximate surface area is 184 Å². The minimum absolute atomic E-state index is 0.0180. The molecule has 158 valence electrons. The maximum atomic E-state index is 12.3. The van der Waals surface area contributed by atoms with Crippen molar-refractivity contribution in [3.8, 4) is 0 Å². The molecule has 5 rings (SSSR count). The molecule has 0 bridgehead atoms. The number of hydrogen-bond donors (Lipinski definition) is 1. The largest absolute Gasteiger partial charge is 0.376 e. The van der Waals surface area contributed by atoms with Crippen LogP contribution in [-0.2, 0) is 22.4 Å². The first-order chi connectivity index (χ1) is 14.6. The van der Waals surface area contributed by atoms with E-state index in [9.17, 15) is 4.79 Å². The zero-order valence-corrected chi connectivity index (χ0v) is 19.0. The van der Waals surface area contributed by atoms with Gasteiger partial charge >= 0.3 is 0 Å². The molecule has 30 heavy (non-hydrogen) atoms. The van der Waals surface area contributed by atoms with E-state index in [1.54, 1.807) is 17.7 Å². The van der Waals surface area contributed by atoms with Crippen LogP contribution in [0.4, 0.5) is 0 Å². The average Bonchev–Trinajstić information content (AvgIpc) is 3.48. The normalized spacial score (nSPS) is 18.6. The Morgan fingerprint density at radius 2 is 2.17 bits per heavy atom.